The second-order valence-corrected chi connectivity index (χ2v) is 3.98. The fourth-order valence-electron chi connectivity index (χ4n) is 2.25. The smallest absolute Gasteiger partial charge is 0.0688 e. The van der Waals surface area contributed by atoms with Crippen molar-refractivity contribution in [3.05, 3.63) is 53.8 Å². The molecule has 0 bridgehead atoms. The fourth-order valence-corrected chi connectivity index (χ4v) is 2.25. The number of aromatic nitrogens is 1. The van der Waals surface area contributed by atoms with Crippen molar-refractivity contribution >= 4 is 17.0 Å². The molecule has 0 radical (unpaired) electrons. The summed E-state index contributed by atoms with van der Waals surface area (Å²) in [6.45, 7) is 0.987. The second kappa shape index (κ2) is 3.65. The van der Waals surface area contributed by atoms with Crippen LogP contribution in [0, 0.1) is 0 Å². The molecule has 1 aliphatic heterocycles. The SMILES string of the molecule is OCc1cccc2c1cc1n2CC=CC=C1. The molecule has 0 saturated heterocycles. The maximum Gasteiger partial charge on any atom is 0.0688 e. The number of nitrogens with zero attached hydrogens (tertiary/aromatic N) is 1. The topological polar surface area (TPSA) is 25.2 Å². The monoisotopic (exact) mass is 211 g/mol. The van der Waals surface area contributed by atoms with Crippen molar-refractivity contribution in [2.75, 3.05) is 0 Å². The van der Waals surface area contributed by atoms with E-state index >= 15 is 0 Å². The Labute approximate surface area is 94.1 Å². The van der Waals surface area contributed by atoms with Crippen LogP contribution in [0.5, 0.6) is 0 Å². The lowest BCUT2D eigenvalue weighted by atomic mass is 10.1. The Balaban J connectivity index is 2.33. The molecule has 0 atom stereocenters. The predicted octanol–water partition coefficient (Wildman–Crippen LogP) is 2.72. The van der Waals surface area contributed by atoms with E-state index in [4.69, 9.17) is 0 Å². The van der Waals surface area contributed by atoms with E-state index in [9.17, 15) is 5.11 Å². The van der Waals surface area contributed by atoms with Crippen LogP contribution >= 0.6 is 0 Å². The first-order valence-corrected chi connectivity index (χ1v) is 5.45. The summed E-state index contributed by atoms with van der Waals surface area (Å²) in [7, 11) is 0. The summed E-state index contributed by atoms with van der Waals surface area (Å²) in [5.41, 5.74) is 3.38. The average Bonchev–Trinajstić information content (AvgIpc) is 2.52. The number of aliphatic hydroxyl groups excluding tert-OH is 1. The van der Waals surface area contributed by atoms with Crippen molar-refractivity contribution in [1.82, 2.24) is 4.57 Å². The number of fused-ring (bicyclic) bond motifs is 3. The van der Waals surface area contributed by atoms with Gasteiger partial charge in [-0.05, 0) is 23.8 Å². The number of rotatable bonds is 1. The molecule has 2 heteroatoms. The van der Waals surface area contributed by atoms with Crippen LogP contribution in [0.2, 0.25) is 0 Å². The summed E-state index contributed by atoms with van der Waals surface area (Å²) in [5, 5.41) is 10.5. The van der Waals surface area contributed by atoms with E-state index in [1.54, 1.807) is 0 Å². The van der Waals surface area contributed by atoms with Gasteiger partial charge in [-0.1, -0.05) is 30.4 Å². The van der Waals surface area contributed by atoms with Gasteiger partial charge in [-0.2, -0.15) is 0 Å². The first-order valence-electron chi connectivity index (χ1n) is 5.45. The molecule has 1 aromatic heterocycles. The van der Waals surface area contributed by atoms with Gasteiger partial charge in [0.15, 0.2) is 0 Å². The zero-order valence-corrected chi connectivity index (χ0v) is 8.93. The van der Waals surface area contributed by atoms with Crippen molar-refractivity contribution in [2.45, 2.75) is 13.2 Å². The molecule has 0 aliphatic carbocycles. The Hall–Kier alpha value is -1.80. The lowest BCUT2D eigenvalue weighted by Crippen LogP contribution is -1.96. The lowest BCUT2D eigenvalue weighted by Gasteiger charge is -2.04. The average molecular weight is 211 g/mol. The van der Waals surface area contributed by atoms with Crippen LogP contribution in [-0.4, -0.2) is 9.67 Å². The number of benzene rings is 1. The molecular weight excluding hydrogens is 198 g/mol. The molecule has 1 aliphatic rings. The summed E-state index contributed by atoms with van der Waals surface area (Å²) in [4.78, 5) is 0. The summed E-state index contributed by atoms with van der Waals surface area (Å²) in [6, 6.07) is 8.22. The Morgan fingerprint density at radius 2 is 2.19 bits per heavy atom. The fraction of sp³-hybridized carbons (Fsp3) is 0.143. The standard InChI is InChI=1S/C14H13NO/c16-10-11-5-4-7-14-13(11)9-12-6-2-1-3-8-15(12)14/h1-7,9,16H,8,10H2. The Kier molecular flexibility index (Phi) is 2.15. The van der Waals surface area contributed by atoms with Crippen LogP contribution in [0.25, 0.3) is 17.0 Å². The minimum absolute atomic E-state index is 0.0976. The molecule has 2 nitrogen and oxygen atoms in total. The highest BCUT2D eigenvalue weighted by Gasteiger charge is 2.09. The van der Waals surface area contributed by atoms with Gasteiger partial charge in [0.1, 0.15) is 0 Å². The third-order valence-electron chi connectivity index (χ3n) is 3.04. The van der Waals surface area contributed by atoms with Crippen LogP contribution in [0.1, 0.15) is 11.3 Å². The highest BCUT2D eigenvalue weighted by Crippen LogP contribution is 2.25. The minimum Gasteiger partial charge on any atom is -0.392 e. The molecule has 16 heavy (non-hydrogen) atoms. The molecule has 0 saturated carbocycles. The van der Waals surface area contributed by atoms with Gasteiger partial charge in [0.25, 0.3) is 0 Å². The number of hydrogen-bond donors (Lipinski definition) is 1. The predicted molar refractivity (Wildman–Crippen MR) is 66.0 cm³/mol. The van der Waals surface area contributed by atoms with Gasteiger partial charge in [0.05, 0.1) is 6.61 Å². The molecular formula is C14H13NO. The van der Waals surface area contributed by atoms with E-state index in [-0.39, 0.29) is 6.61 Å². The van der Waals surface area contributed by atoms with Crippen LogP contribution < -0.4 is 0 Å². The van der Waals surface area contributed by atoms with E-state index in [1.165, 1.54) is 11.2 Å². The van der Waals surface area contributed by atoms with Crippen molar-refractivity contribution in [3.8, 4) is 0 Å². The Morgan fingerprint density at radius 3 is 3.06 bits per heavy atom. The van der Waals surface area contributed by atoms with Crippen LogP contribution in [0.4, 0.5) is 0 Å². The molecule has 1 N–H and O–H groups in total. The number of hydrogen-bond acceptors (Lipinski definition) is 1. The first-order chi connectivity index (χ1) is 7.90. The molecule has 1 aromatic carbocycles. The third kappa shape index (κ3) is 1.31. The highest BCUT2D eigenvalue weighted by atomic mass is 16.3. The van der Waals surface area contributed by atoms with E-state index < -0.39 is 0 Å². The molecule has 2 aromatic rings. The van der Waals surface area contributed by atoms with Gasteiger partial charge in [-0.15, -0.1) is 0 Å². The van der Waals surface area contributed by atoms with Gasteiger partial charge in [0, 0.05) is 23.1 Å². The molecule has 2 heterocycles. The van der Waals surface area contributed by atoms with Crippen LogP contribution in [0.3, 0.4) is 0 Å². The normalized spacial score (nSPS) is 14.1. The van der Waals surface area contributed by atoms with Crippen molar-refractivity contribution < 1.29 is 5.11 Å². The molecule has 0 unspecified atom stereocenters. The molecule has 80 valence electrons. The van der Waals surface area contributed by atoms with Gasteiger partial charge in [-0.3, -0.25) is 0 Å². The van der Waals surface area contributed by atoms with E-state index in [0.29, 0.717) is 0 Å². The van der Waals surface area contributed by atoms with E-state index in [2.05, 4.69) is 41.0 Å². The number of aliphatic hydroxyl groups is 1. The first kappa shape index (κ1) is 9.43. The second-order valence-electron chi connectivity index (χ2n) is 3.98. The van der Waals surface area contributed by atoms with Crippen molar-refractivity contribution in [1.29, 1.82) is 0 Å². The maximum absolute atomic E-state index is 9.31. The largest absolute Gasteiger partial charge is 0.392 e. The molecule has 3 rings (SSSR count). The summed E-state index contributed by atoms with van der Waals surface area (Å²) < 4.78 is 2.26. The zero-order chi connectivity index (χ0) is 11.0. The van der Waals surface area contributed by atoms with E-state index in [0.717, 1.165) is 17.5 Å². The highest BCUT2D eigenvalue weighted by molar-refractivity contribution is 5.87. The minimum atomic E-state index is 0.0976. The zero-order valence-electron chi connectivity index (χ0n) is 8.93. The van der Waals surface area contributed by atoms with Gasteiger partial charge in [-0.25, -0.2) is 0 Å². The molecule has 0 spiro atoms. The van der Waals surface area contributed by atoms with Crippen molar-refractivity contribution in [2.24, 2.45) is 0 Å². The van der Waals surface area contributed by atoms with Gasteiger partial charge < -0.3 is 9.67 Å². The van der Waals surface area contributed by atoms with Gasteiger partial charge >= 0.3 is 0 Å². The maximum atomic E-state index is 9.31. The Bertz CT molecular complexity index is 590. The van der Waals surface area contributed by atoms with E-state index in [1.807, 2.05) is 12.1 Å². The number of allylic oxidation sites excluding steroid dienone is 3. The molecule has 0 amide bonds. The van der Waals surface area contributed by atoms with Gasteiger partial charge in [0.2, 0.25) is 0 Å². The third-order valence-corrected chi connectivity index (χ3v) is 3.04. The Morgan fingerprint density at radius 1 is 1.25 bits per heavy atom. The van der Waals surface area contributed by atoms with Crippen LogP contribution in [0.15, 0.2) is 42.5 Å². The quantitative estimate of drug-likeness (QED) is 0.770. The van der Waals surface area contributed by atoms with Crippen LogP contribution in [-0.2, 0) is 13.2 Å². The van der Waals surface area contributed by atoms with Crippen molar-refractivity contribution in [3.63, 3.8) is 0 Å². The lowest BCUT2D eigenvalue weighted by molar-refractivity contribution is 0.283. The summed E-state index contributed by atoms with van der Waals surface area (Å²) in [5.74, 6) is 0. The summed E-state index contributed by atoms with van der Waals surface area (Å²) >= 11 is 0. The molecule has 0 fully saturated rings. The summed E-state index contributed by atoms with van der Waals surface area (Å²) in [6.07, 6.45) is 8.35.